The minimum atomic E-state index is -3.10. The van der Waals surface area contributed by atoms with E-state index >= 15 is 0 Å². The van der Waals surface area contributed by atoms with Crippen molar-refractivity contribution in [1.29, 1.82) is 0 Å². The number of aromatic nitrogens is 4. The number of nitrogens with zero attached hydrogens (tertiary/aromatic N) is 4. The van der Waals surface area contributed by atoms with E-state index in [0.717, 1.165) is 0 Å². The van der Waals surface area contributed by atoms with Crippen molar-refractivity contribution >= 4 is 22.8 Å². The minimum absolute atomic E-state index is 0.178. The summed E-state index contributed by atoms with van der Waals surface area (Å²) in [4.78, 5) is 20.7. The van der Waals surface area contributed by atoms with Crippen molar-refractivity contribution < 1.29 is 23.4 Å². The van der Waals surface area contributed by atoms with Gasteiger partial charge in [-0.3, -0.25) is 14.8 Å². The van der Waals surface area contributed by atoms with Crippen LogP contribution in [0.5, 0.6) is 5.88 Å². The number of hydrogen-bond acceptors (Lipinski definition) is 6. The van der Waals surface area contributed by atoms with E-state index in [9.17, 15) is 18.7 Å². The summed E-state index contributed by atoms with van der Waals surface area (Å²) in [6.45, 7) is -3.33. The number of halogens is 2. The molecule has 0 atom stereocenters. The first-order valence-electron chi connectivity index (χ1n) is 9.21. The first-order valence-corrected chi connectivity index (χ1v) is 9.21. The lowest BCUT2D eigenvalue weighted by Crippen LogP contribution is -2.15. The van der Waals surface area contributed by atoms with Gasteiger partial charge in [-0.05, 0) is 29.8 Å². The molecule has 0 unspecified atom stereocenters. The van der Waals surface area contributed by atoms with Gasteiger partial charge < -0.3 is 9.84 Å². The number of rotatable bonds is 6. The number of carbonyl (C=O) groups excluding carboxylic acids is 1. The standard InChI is InChI=1S/C21H17F2N5O3/c1-28-17(11-29)15(10-24-28)13-7-8-14-16(9-13)25-21(27-19(14)31-20(22)23)26-18(30)12-5-3-2-4-6-12/h2-10,20,29H,11H2,1H3,(H,25,26,27,30). The molecule has 0 fully saturated rings. The number of hydrogen-bond donors (Lipinski definition) is 2. The zero-order valence-electron chi connectivity index (χ0n) is 16.3. The van der Waals surface area contributed by atoms with Crippen molar-refractivity contribution in [2.45, 2.75) is 13.2 Å². The monoisotopic (exact) mass is 425 g/mol. The van der Waals surface area contributed by atoms with Gasteiger partial charge in [-0.1, -0.05) is 24.3 Å². The van der Waals surface area contributed by atoms with Gasteiger partial charge in [0.05, 0.1) is 29.4 Å². The van der Waals surface area contributed by atoms with Gasteiger partial charge in [0.15, 0.2) is 0 Å². The third-order valence-electron chi connectivity index (χ3n) is 4.65. The maximum Gasteiger partial charge on any atom is 0.388 e. The largest absolute Gasteiger partial charge is 0.416 e. The van der Waals surface area contributed by atoms with Crippen LogP contribution in [0, 0.1) is 0 Å². The first kappa shape index (κ1) is 20.4. The molecule has 0 spiro atoms. The van der Waals surface area contributed by atoms with Crippen molar-refractivity contribution in [3.8, 4) is 17.0 Å². The molecule has 31 heavy (non-hydrogen) atoms. The second kappa shape index (κ2) is 8.44. The predicted octanol–water partition coefficient (Wildman–Crippen LogP) is 3.38. The third-order valence-corrected chi connectivity index (χ3v) is 4.65. The molecule has 10 heteroatoms. The maximum atomic E-state index is 12.9. The Kier molecular flexibility index (Phi) is 5.54. The number of aliphatic hydroxyl groups is 1. The first-order chi connectivity index (χ1) is 15.0. The second-order valence-electron chi connectivity index (χ2n) is 6.57. The number of benzene rings is 2. The summed E-state index contributed by atoms with van der Waals surface area (Å²) >= 11 is 0. The van der Waals surface area contributed by atoms with Crippen LogP contribution in [0.4, 0.5) is 14.7 Å². The highest BCUT2D eigenvalue weighted by Crippen LogP contribution is 2.31. The summed E-state index contributed by atoms with van der Waals surface area (Å²) in [6.07, 6.45) is 1.59. The Labute approximate surface area is 175 Å². The summed E-state index contributed by atoms with van der Waals surface area (Å²) in [5, 5.41) is 16.5. The molecule has 0 aliphatic rings. The molecule has 158 valence electrons. The molecule has 4 rings (SSSR count). The van der Waals surface area contributed by atoms with Crippen molar-refractivity contribution in [2.24, 2.45) is 7.05 Å². The van der Waals surface area contributed by atoms with Crippen LogP contribution >= 0.6 is 0 Å². The van der Waals surface area contributed by atoms with Crippen LogP contribution in [0.25, 0.3) is 22.0 Å². The van der Waals surface area contributed by atoms with E-state index in [1.165, 1.54) is 4.68 Å². The number of ether oxygens (including phenoxy) is 1. The van der Waals surface area contributed by atoms with Crippen LogP contribution in [-0.2, 0) is 13.7 Å². The molecule has 2 heterocycles. The van der Waals surface area contributed by atoms with E-state index in [1.54, 1.807) is 61.8 Å². The molecular formula is C21H17F2N5O3. The number of fused-ring (bicyclic) bond motifs is 1. The number of aryl methyl sites for hydroxylation is 1. The van der Waals surface area contributed by atoms with Gasteiger partial charge in [-0.2, -0.15) is 18.9 Å². The SMILES string of the molecule is Cn1ncc(-c2ccc3c(OC(F)F)nc(NC(=O)c4ccccc4)nc3c2)c1CO. The Morgan fingerprint density at radius 2 is 1.97 bits per heavy atom. The van der Waals surface area contributed by atoms with E-state index < -0.39 is 12.5 Å². The summed E-state index contributed by atoms with van der Waals surface area (Å²) in [7, 11) is 1.70. The minimum Gasteiger partial charge on any atom is -0.416 e. The highest BCUT2D eigenvalue weighted by Gasteiger charge is 2.17. The molecule has 4 aromatic rings. The quantitative estimate of drug-likeness (QED) is 0.491. The van der Waals surface area contributed by atoms with Crippen molar-refractivity contribution in [3.63, 3.8) is 0 Å². The molecular weight excluding hydrogens is 408 g/mol. The zero-order valence-corrected chi connectivity index (χ0v) is 16.3. The van der Waals surface area contributed by atoms with Crippen molar-refractivity contribution in [2.75, 3.05) is 5.32 Å². The summed E-state index contributed by atoms with van der Waals surface area (Å²) in [5.74, 6) is -1.03. The van der Waals surface area contributed by atoms with Crippen LogP contribution in [0.1, 0.15) is 16.1 Å². The van der Waals surface area contributed by atoms with Crippen molar-refractivity contribution in [1.82, 2.24) is 19.7 Å². The summed E-state index contributed by atoms with van der Waals surface area (Å²) < 4.78 is 32.0. The molecule has 0 saturated carbocycles. The number of alkyl halides is 2. The molecule has 8 nitrogen and oxygen atoms in total. The number of amides is 1. The van der Waals surface area contributed by atoms with Crippen LogP contribution in [0.2, 0.25) is 0 Å². The van der Waals surface area contributed by atoms with Crippen molar-refractivity contribution in [3.05, 3.63) is 66.0 Å². The Hall–Kier alpha value is -3.92. The van der Waals surface area contributed by atoms with E-state index in [4.69, 9.17) is 0 Å². The van der Waals surface area contributed by atoms with Crippen LogP contribution < -0.4 is 10.1 Å². The highest BCUT2D eigenvalue weighted by atomic mass is 19.3. The van der Waals surface area contributed by atoms with Crippen LogP contribution in [-0.4, -0.2) is 37.4 Å². The van der Waals surface area contributed by atoms with Gasteiger partial charge in [0.25, 0.3) is 5.91 Å². The zero-order chi connectivity index (χ0) is 22.0. The molecule has 1 amide bonds. The fraction of sp³-hybridized carbons (Fsp3) is 0.143. The number of carbonyl (C=O) groups is 1. The Morgan fingerprint density at radius 1 is 1.19 bits per heavy atom. The van der Waals surface area contributed by atoms with E-state index in [1.807, 2.05) is 0 Å². The highest BCUT2D eigenvalue weighted by molar-refractivity contribution is 6.03. The normalized spacial score (nSPS) is 11.1. The summed E-state index contributed by atoms with van der Waals surface area (Å²) in [5.41, 5.74) is 2.54. The third kappa shape index (κ3) is 4.19. The van der Waals surface area contributed by atoms with Crippen LogP contribution in [0.15, 0.2) is 54.7 Å². The molecule has 0 saturated heterocycles. The van der Waals surface area contributed by atoms with Gasteiger partial charge >= 0.3 is 6.61 Å². The average Bonchev–Trinajstić information content (AvgIpc) is 3.14. The lowest BCUT2D eigenvalue weighted by molar-refractivity contribution is -0.0516. The molecule has 0 bridgehead atoms. The van der Waals surface area contributed by atoms with Gasteiger partial charge in [-0.15, -0.1) is 0 Å². The van der Waals surface area contributed by atoms with E-state index in [-0.39, 0.29) is 29.3 Å². The summed E-state index contributed by atoms with van der Waals surface area (Å²) in [6, 6.07) is 13.2. The lowest BCUT2D eigenvalue weighted by atomic mass is 10.0. The Morgan fingerprint density at radius 3 is 2.68 bits per heavy atom. The molecule has 0 aliphatic heterocycles. The molecule has 0 radical (unpaired) electrons. The topological polar surface area (TPSA) is 102 Å². The van der Waals surface area contributed by atoms with Gasteiger partial charge in [0.1, 0.15) is 0 Å². The second-order valence-corrected chi connectivity index (χ2v) is 6.57. The smallest absolute Gasteiger partial charge is 0.388 e. The molecule has 0 aliphatic carbocycles. The number of aliphatic hydroxyl groups excluding tert-OH is 1. The van der Waals surface area contributed by atoms with Gasteiger partial charge in [0.2, 0.25) is 11.8 Å². The van der Waals surface area contributed by atoms with Gasteiger partial charge in [0, 0.05) is 18.2 Å². The fourth-order valence-electron chi connectivity index (χ4n) is 3.15. The number of anilines is 1. The Bertz CT molecular complexity index is 1240. The molecule has 2 N–H and O–H groups in total. The van der Waals surface area contributed by atoms with E-state index in [2.05, 4.69) is 25.1 Å². The molecule has 2 aromatic carbocycles. The Balaban J connectivity index is 1.78. The number of nitrogens with one attached hydrogen (secondary N) is 1. The van der Waals surface area contributed by atoms with Crippen LogP contribution in [0.3, 0.4) is 0 Å². The van der Waals surface area contributed by atoms with Gasteiger partial charge in [-0.25, -0.2) is 4.98 Å². The lowest BCUT2D eigenvalue weighted by Gasteiger charge is -2.11. The predicted molar refractivity (Wildman–Crippen MR) is 109 cm³/mol. The fourth-order valence-corrected chi connectivity index (χ4v) is 3.15. The van der Waals surface area contributed by atoms with E-state index in [0.29, 0.717) is 22.4 Å². The maximum absolute atomic E-state index is 12.9. The molecule has 2 aromatic heterocycles. The average molecular weight is 425 g/mol.